The first kappa shape index (κ1) is 18.6. The molecule has 1 spiro atoms. The van der Waals surface area contributed by atoms with E-state index in [1.165, 1.54) is 0 Å². The number of rotatable bonds is 5. The van der Waals surface area contributed by atoms with Crippen molar-refractivity contribution in [1.29, 1.82) is 0 Å². The number of methoxy groups -OCH3 is 1. The van der Waals surface area contributed by atoms with E-state index in [0.29, 0.717) is 44.2 Å². The first-order valence-corrected chi connectivity index (χ1v) is 9.13. The molecule has 0 radical (unpaired) electrons. The van der Waals surface area contributed by atoms with E-state index in [1.54, 1.807) is 26.6 Å². The summed E-state index contributed by atoms with van der Waals surface area (Å²) in [6, 6.07) is 0. The highest BCUT2D eigenvalue weighted by atomic mass is 16.5. The molecule has 1 aromatic heterocycles. The topological polar surface area (TPSA) is 87.7 Å². The quantitative estimate of drug-likeness (QED) is 0.842. The molecule has 2 fully saturated rings. The van der Waals surface area contributed by atoms with E-state index in [9.17, 15) is 9.59 Å². The molecule has 2 aliphatic rings. The van der Waals surface area contributed by atoms with Gasteiger partial charge in [-0.15, -0.1) is 0 Å². The Kier molecular flexibility index (Phi) is 5.70. The zero-order valence-corrected chi connectivity index (χ0v) is 15.5. The summed E-state index contributed by atoms with van der Waals surface area (Å²) < 4.78 is 5.13. The highest BCUT2D eigenvalue weighted by Gasteiger charge is 2.42. The molecular weight excluding hydrogens is 334 g/mol. The molecule has 3 rings (SSSR count). The summed E-state index contributed by atoms with van der Waals surface area (Å²) in [7, 11) is 3.39. The Morgan fingerprint density at radius 3 is 2.77 bits per heavy atom. The maximum atomic E-state index is 12.9. The number of amides is 2. The second kappa shape index (κ2) is 7.99. The average Bonchev–Trinajstić information content (AvgIpc) is 2.68. The Bertz CT molecular complexity index is 651. The lowest BCUT2D eigenvalue weighted by atomic mass is 9.73. The molecule has 2 amide bonds. The van der Waals surface area contributed by atoms with Crippen LogP contribution < -0.4 is 5.32 Å². The molecule has 1 N–H and O–H groups in total. The third-order valence-electron chi connectivity index (χ3n) is 5.38. The van der Waals surface area contributed by atoms with Crippen LogP contribution in [0.2, 0.25) is 0 Å². The van der Waals surface area contributed by atoms with Gasteiger partial charge in [0, 0.05) is 64.6 Å². The van der Waals surface area contributed by atoms with E-state index in [4.69, 9.17) is 4.74 Å². The summed E-state index contributed by atoms with van der Waals surface area (Å²) in [5.74, 6) is 0.649. The number of hydrogen-bond donors (Lipinski definition) is 1. The van der Waals surface area contributed by atoms with Crippen molar-refractivity contribution in [2.24, 2.45) is 5.41 Å². The molecule has 2 aliphatic heterocycles. The molecule has 8 heteroatoms. The average molecular weight is 361 g/mol. The molecule has 1 atom stereocenters. The largest absolute Gasteiger partial charge is 0.383 e. The van der Waals surface area contributed by atoms with Gasteiger partial charge in [-0.3, -0.25) is 9.59 Å². The molecule has 142 valence electrons. The normalized spacial score (nSPS) is 23.4. The number of piperidine rings is 2. The van der Waals surface area contributed by atoms with E-state index in [1.807, 2.05) is 9.80 Å². The Labute approximate surface area is 153 Å². The Morgan fingerprint density at radius 1 is 1.31 bits per heavy atom. The van der Waals surface area contributed by atoms with Gasteiger partial charge in [0.25, 0.3) is 5.91 Å². The monoisotopic (exact) mass is 361 g/mol. The molecule has 1 aromatic rings. The number of nitrogens with zero attached hydrogens (tertiary/aromatic N) is 4. The minimum atomic E-state index is -0.0351. The maximum Gasteiger partial charge on any atom is 0.257 e. The summed E-state index contributed by atoms with van der Waals surface area (Å²) in [6.07, 6.45) is 6.52. The van der Waals surface area contributed by atoms with Crippen LogP contribution in [0.1, 0.15) is 36.0 Å². The number of likely N-dealkylation sites (tertiary alicyclic amines) is 2. The fraction of sp³-hybridized carbons (Fsp3) is 0.667. The van der Waals surface area contributed by atoms with Crippen molar-refractivity contribution in [2.75, 3.05) is 52.3 Å². The zero-order chi connectivity index (χ0) is 18.6. The highest BCUT2D eigenvalue weighted by molar-refractivity contribution is 5.93. The predicted octanol–water partition coefficient (Wildman–Crippen LogP) is 1.01. The number of ether oxygens (including phenoxy) is 1. The van der Waals surface area contributed by atoms with Crippen LogP contribution in [-0.4, -0.2) is 78.5 Å². The zero-order valence-electron chi connectivity index (χ0n) is 15.5. The van der Waals surface area contributed by atoms with Gasteiger partial charge in [0.1, 0.15) is 0 Å². The lowest BCUT2D eigenvalue weighted by Crippen LogP contribution is -2.55. The van der Waals surface area contributed by atoms with Crippen LogP contribution in [0.15, 0.2) is 12.4 Å². The number of anilines is 1. The van der Waals surface area contributed by atoms with Crippen molar-refractivity contribution in [1.82, 2.24) is 19.8 Å². The van der Waals surface area contributed by atoms with Crippen LogP contribution in [0.25, 0.3) is 0 Å². The van der Waals surface area contributed by atoms with E-state index >= 15 is 0 Å². The van der Waals surface area contributed by atoms with Gasteiger partial charge < -0.3 is 19.9 Å². The third kappa shape index (κ3) is 3.95. The maximum absolute atomic E-state index is 12.9. The molecule has 0 aliphatic carbocycles. The van der Waals surface area contributed by atoms with Gasteiger partial charge in [0.05, 0.1) is 12.2 Å². The molecular formula is C18H27N5O3. The first-order valence-electron chi connectivity index (χ1n) is 9.13. The minimum Gasteiger partial charge on any atom is -0.383 e. The molecule has 26 heavy (non-hydrogen) atoms. The standard InChI is InChI=1S/C18H27N5O3/c1-19-17-20-10-14(11-21-17)16(25)23-7-3-5-18(13-23)6-4-15(24)22(12-18)8-9-26-2/h10-11H,3-9,12-13H2,1-2H3,(H,19,20,21)/t18-/m1/s1. The Hall–Kier alpha value is -2.22. The fourth-order valence-electron chi connectivity index (χ4n) is 3.97. The smallest absolute Gasteiger partial charge is 0.257 e. The van der Waals surface area contributed by atoms with E-state index < -0.39 is 0 Å². The van der Waals surface area contributed by atoms with Gasteiger partial charge in [-0.25, -0.2) is 9.97 Å². The molecule has 0 aromatic carbocycles. The number of nitrogens with one attached hydrogen (secondary N) is 1. The lowest BCUT2D eigenvalue weighted by molar-refractivity contribution is -0.139. The number of hydrogen-bond acceptors (Lipinski definition) is 6. The van der Waals surface area contributed by atoms with Crippen LogP contribution in [-0.2, 0) is 9.53 Å². The highest BCUT2D eigenvalue weighted by Crippen LogP contribution is 2.39. The van der Waals surface area contributed by atoms with Gasteiger partial charge in [-0.1, -0.05) is 0 Å². The van der Waals surface area contributed by atoms with Crippen molar-refractivity contribution in [2.45, 2.75) is 25.7 Å². The molecule has 3 heterocycles. The second-order valence-corrected chi connectivity index (χ2v) is 7.18. The van der Waals surface area contributed by atoms with Crippen molar-refractivity contribution in [3.63, 3.8) is 0 Å². The van der Waals surface area contributed by atoms with E-state index in [-0.39, 0.29) is 17.2 Å². The van der Waals surface area contributed by atoms with Gasteiger partial charge in [0.2, 0.25) is 11.9 Å². The van der Waals surface area contributed by atoms with Crippen LogP contribution in [0.3, 0.4) is 0 Å². The van der Waals surface area contributed by atoms with Crippen LogP contribution in [0.4, 0.5) is 5.95 Å². The van der Waals surface area contributed by atoms with Gasteiger partial charge in [0.15, 0.2) is 0 Å². The number of carbonyl (C=O) groups is 2. The molecule has 8 nitrogen and oxygen atoms in total. The van der Waals surface area contributed by atoms with Crippen molar-refractivity contribution >= 4 is 17.8 Å². The van der Waals surface area contributed by atoms with E-state index in [0.717, 1.165) is 25.8 Å². The van der Waals surface area contributed by atoms with Crippen LogP contribution in [0, 0.1) is 5.41 Å². The molecule has 0 unspecified atom stereocenters. The molecule has 0 saturated carbocycles. The fourth-order valence-corrected chi connectivity index (χ4v) is 3.97. The molecule has 0 bridgehead atoms. The number of aromatic nitrogens is 2. The van der Waals surface area contributed by atoms with Crippen LogP contribution in [0.5, 0.6) is 0 Å². The Morgan fingerprint density at radius 2 is 2.08 bits per heavy atom. The summed E-state index contributed by atoms with van der Waals surface area (Å²) in [5.41, 5.74) is 0.491. The first-order chi connectivity index (χ1) is 12.6. The summed E-state index contributed by atoms with van der Waals surface area (Å²) >= 11 is 0. The Balaban J connectivity index is 1.69. The third-order valence-corrected chi connectivity index (χ3v) is 5.38. The number of carbonyl (C=O) groups excluding carboxylic acids is 2. The predicted molar refractivity (Wildman–Crippen MR) is 96.8 cm³/mol. The summed E-state index contributed by atoms with van der Waals surface area (Å²) in [5, 5.41) is 2.85. The van der Waals surface area contributed by atoms with Gasteiger partial charge in [-0.2, -0.15) is 0 Å². The van der Waals surface area contributed by atoms with Crippen molar-refractivity contribution in [3.05, 3.63) is 18.0 Å². The minimum absolute atomic E-state index is 0.0126. The van der Waals surface area contributed by atoms with Crippen molar-refractivity contribution < 1.29 is 14.3 Å². The van der Waals surface area contributed by atoms with Crippen molar-refractivity contribution in [3.8, 4) is 0 Å². The van der Waals surface area contributed by atoms with Crippen LogP contribution >= 0.6 is 0 Å². The summed E-state index contributed by atoms with van der Waals surface area (Å²) in [4.78, 5) is 37.1. The SMILES string of the molecule is CNc1ncc(C(=O)N2CCC[C@]3(CCC(=O)N(CCOC)C3)C2)cn1. The lowest BCUT2D eigenvalue weighted by Gasteiger charge is -2.48. The molecule has 2 saturated heterocycles. The van der Waals surface area contributed by atoms with E-state index in [2.05, 4.69) is 15.3 Å². The second-order valence-electron chi connectivity index (χ2n) is 7.18. The van der Waals surface area contributed by atoms with Gasteiger partial charge >= 0.3 is 0 Å². The summed E-state index contributed by atoms with van der Waals surface area (Å²) in [6.45, 7) is 3.27. The van der Waals surface area contributed by atoms with Gasteiger partial charge in [-0.05, 0) is 19.3 Å².